The van der Waals surface area contributed by atoms with Gasteiger partial charge in [-0.15, -0.1) is 0 Å². The molecule has 0 bridgehead atoms. The molecule has 0 radical (unpaired) electrons. The second-order valence-corrected chi connectivity index (χ2v) is 3.92. The van der Waals surface area contributed by atoms with Crippen molar-refractivity contribution in [1.82, 2.24) is 20.1 Å². The van der Waals surface area contributed by atoms with Gasteiger partial charge < -0.3 is 20.5 Å². The van der Waals surface area contributed by atoms with Gasteiger partial charge in [-0.25, -0.2) is 4.79 Å². The highest BCUT2D eigenvalue weighted by molar-refractivity contribution is 9.10. The van der Waals surface area contributed by atoms with Gasteiger partial charge in [0.05, 0.1) is 6.54 Å². The lowest BCUT2D eigenvalue weighted by atomic mass is 10.3. The number of hydrogen-bond acceptors (Lipinski definition) is 6. The maximum atomic E-state index is 10.9. The van der Waals surface area contributed by atoms with E-state index in [0.717, 1.165) is 11.6 Å². The number of nitro groups is 1. The summed E-state index contributed by atoms with van der Waals surface area (Å²) < 4.78 is 0.984. The molecule has 0 fully saturated rings. The summed E-state index contributed by atoms with van der Waals surface area (Å²) in [6.45, 7) is 0.880. The quantitative estimate of drug-likeness (QED) is 0.552. The minimum absolute atomic E-state index is 0.00537. The SMILES string of the molecule is CC(=O)NC(Cn1nc([N+](=O)[O-])nc1Br)C(=O)O. The lowest BCUT2D eigenvalue weighted by Crippen LogP contribution is -2.42. The average molecular weight is 322 g/mol. The number of hydrogen-bond donors (Lipinski definition) is 2. The Morgan fingerprint density at radius 3 is 2.67 bits per heavy atom. The van der Waals surface area contributed by atoms with Gasteiger partial charge in [0.25, 0.3) is 4.73 Å². The van der Waals surface area contributed by atoms with Crippen molar-refractivity contribution < 1.29 is 19.6 Å². The first kappa shape index (κ1) is 14.0. The Balaban J connectivity index is 2.90. The molecule has 1 unspecified atom stereocenters. The molecule has 0 saturated heterocycles. The van der Waals surface area contributed by atoms with Crippen LogP contribution in [-0.2, 0) is 16.1 Å². The Morgan fingerprint density at radius 2 is 2.28 bits per heavy atom. The Hall–Kier alpha value is -2.04. The Bertz CT molecular complexity index is 500. The van der Waals surface area contributed by atoms with Gasteiger partial charge in [0, 0.05) is 28.0 Å². The highest BCUT2D eigenvalue weighted by Crippen LogP contribution is 2.12. The molecule has 1 heterocycles. The number of nitrogens with one attached hydrogen (secondary N) is 1. The van der Waals surface area contributed by atoms with Gasteiger partial charge in [-0.2, -0.15) is 4.68 Å². The van der Waals surface area contributed by atoms with Crippen LogP contribution in [0.2, 0.25) is 0 Å². The fourth-order valence-electron chi connectivity index (χ4n) is 1.11. The maximum absolute atomic E-state index is 10.9. The van der Waals surface area contributed by atoms with Gasteiger partial charge in [0.1, 0.15) is 6.04 Å². The zero-order chi connectivity index (χ0) is 13.9. The predicted molar refractivity (Wildman–Crippen MR) is 59.6 cm³/mol. The number of carbonyl (C=O) groups excluding carboxylic acids is 1. The van der Waals surface area contributed by atoms with Crippen LogP contribution in [0.5, 0.6) is 0 Å². The minimum atomic E-state index is -1.28. The first-order valence-electron chi connectivity index (χ1n) is 4.56. The summed E-state index contributed by atoms with van der Waals surface area (Å²) in [4.78, 5) is 34.8. The minimum Gasteiger partial charge on any atom is -0.480 e. The molecule has 1 aromatic heterocycles. The molecule has 2 N–H and O–H groups in total. The van der Waals surface area contributed by atoms with Crippen molar-refractivity contribution in [1.29, 1.82) is 0 Å². The van der Waals surface area contributed by atoms with E-state index < -0.39 is 28.8 Å². The van der Waals surface area contributed by atoms with Gasteiger partial charge in [-0.3, -0.25) is 4.79 Å². The highest BCUT2D eigenvalue weighted by atomic mass is 79.9. The van der Waals surface area contributed by atoms with Crippen molar-refractivity contribution in [2.45, 2.75) is 19.5 Å². The third-order valence-electron chi connectivity index (χ3n) is 1.81. The standard InChI is InChI=1S/C7H8BrN5O5/c1-3(14)9-4(5(15)16)2-12-6(8)10-7(11-12)13(17)18/h4H,2H2,1H3,(H,9,14)(H,15,16). The summed E-state index contributed by atoms with van der Waals surface area (Å²) in [6, 6.07) is -1.25. The predicted octanol–water partition coefficient (Wildman–Crippen LogP) is -0.462. The van der Waals surface area contributed by atoms with Crippen LogP contribution in [0.4, 0.5) is 5.95 Å². The van der Waals surface area contributed by atoms with Crippen molar-refractivity contribution in [3.8, 4) is 0 Å². The molecular weight excluding hydrogens is 314 g/mol. The van der Waals surface area contributed by atoms with Gasteiger partial charge in [0.15, 0.2) is 0 Å². The molecule has 0 aliphatic carbocycles. The molecule has 1 atom stereocenters. The van der Waals surface area contributed by atoms with E-state index in [1.807, 2.05) is 0 Å². The van der Waals surface area contributed by atoms with E-state index in [1.165, 1.54) is 0 Å². The summed E-state index contributed by atoms with van der Waals surface area (Å²) in [5, 5.41) is 24.9. The first-order valence-corrected chi connectivity index (χ1v) is 5.35. The largest absolute Gasteiger partial charge is 0.492 e. The number of nitrogens with zero attached hydrogens (tertiary/aromatic N) is 4. The fourth-order valence-corrected chi connectivity index (χ4v) is 1.49. The van der Waals surface area contributed by atoms with Gasteiger partial charge >= 0.3 is 11.9 Å². The Kier molecular flexibility index (Phi) is 4.31. The number of carbonyl (C=O) groups is 2. The van der Waals surface area contributed by atoms with Crippen molar-refractivity contribution in [3.63, 3.8) is 0 Å². The molecular formula is C7H8BrN5O5. The number of carboxylic acid groups (broad SMARTS) is 1. The van der Waals surface area contributed by atoms with Crippen molar-refractivity contribution in [3.05, 3.63) is 14.8 Å². The molecule has 0 saturated carbocycles. The Labute approximate surface area is 108 Å². The molecule has 0 aromatic carbocycles. The van der Waals surface area contributed by atoms with Crippen molar-refractivity contribution in [2.24, 2.45) is 0 Å². The Morgan fingerprint density at radius 1 is 1.67 bits per heavy atom. The molecule has 0 aliphatic rings. The molecule has 10 nitrogen and oxygen atoms in total. The second kappa shape index (κ2) is 5.53. The number of carboxylic acids is 1. The van der Waals surface area contributed by atoms with E-state index >= 15 is 0 Å². The molecule has 98 valence electrons. The van der Waals surface area contributed by atoms with Gasteiger partial charge in [-0.1, -0.05) is 0 Å². The number of aliphatic carboxylic acids is 1. The van der Waals surface area contributed by atoms with E-state index in [0.29, 0.717) is 0 Å². The summed E-state index contributed by atoms with van der Waals surface area (Å²) in [5.74, 6) is -2.47. The first-order chi connectivity index (χ1) is 8.31. The number of halogens is 1. The summed E-state index contributed by atoms with van der Waals surface area (Å²) in [5.41, 5.74) is 0. The third-order valence-corrected chi connectivity index (χ3v) is 2.40. The molecule has 0 aliphatic heterocycles. The van der Waals surface area contributed by atoms with Crippen molar-refractivity contribution in [2.75, 3.05) is 0 Å². The molecule has 18 heavy (non-hydrogen) atoms. The van der Waals surface area contributed by atoms with E-state index in [4.69, 9.17) is 5.11 Å². The molecule has 1 rings (SSSR count). The van der Waals surface area contributed by atoms with Crippen LogP contribution < -0.4 is 5.32 Å². The van der Waals surface area contributed by atoms with E-state index in [9.17, 15) is 19.7 Å². The monoisotopic (exact) mass is 321 g/mol. The smallest absolute Gasteiger partial charge is 0.480 e. The fraction of sp³-hybridized carbons (Fsp3) is 0.429. The van der Waals surface area contributed by atoms with Crippen LogP contribution >= 0.6 is 15.9 Å². The third kappa shape index (κ3) is 3.48. The molecule has 1 amide bonds. The van der Waals surface area contributed by atoms with E-state index in [1.54, 1.807) is 0 Å². The zero-order valence-electron chi connectivity index (χ0n) is 9.03. The lowest BCUT2D eigenvalue weighted by molar-refractivity contribution is -0.394. The molecule has 1 aromatic rings. The van der Waals surface area contributed by atoms with Crippen LogP contribution in [-0.4, -0.2) is 42.7 Å². The molecule has 11 heteroatoms. The molecule has 0 spiro atoms. The van der Waals surface area contributed by atoms with Crippen LogP contribution in [0.3, 0.4) is 0 Å². The zero-order valence-corrected chi connectivity index (χ0v) is 10.6. The number of amides is 1. The van der Waals surface area contributed by atoms with E-state index in [-0.39, 0.29) is 11.3 Å². The average Bonchev–Trinajstić information content (AvgIpc) is 2.58. The van der Waals surface area contributed by atoms with Gasteiger partial charge in [-0.05, 0) is 9.91 Å². The highest BCUT2D eigenvalue weighted by Gasteiger charge is 2.26. The maximum Gasteiger partial charge on any atom is 0.492 e. The summed E-state index contributed by atoms with van der Waals surface area (Å²) in [7, 11) is 0. The van der Waals surface area contributed by atoms with Crippen LogP contribution in [0.1, 0.15) is 6.92 Å². The summed E-state index contributed by atoms with van der Waals surface area (Å²) in [6.07, 6.45) is 0. The van der Waals surface area contributed by atoms with Crippen LogP contribution in [0, 0.1) is 10.1 Å². The van der Waals surface area contributed by atoms with Crippen LogP contribution in [0.15, 0.2) is 4.73 Å². The second-order valence-electron chi connectivity index (χ2n) is 3.21. The number of aromatic nitrogens is 3. The van der Waals surface area contributed by atoms with Crippen molar-refractivity contribution >= 4 is 33.8 Å². The van der Waals surface area contributed by atoms with E-state index in [2.05, 4.69) is 31.3 Å². The lowest BCUT2D eigenvalue weighted by Gasteiger charge is -2.11. The number of rotatable bonds is 5. The summed E-state index contributed by atoms with van der Waals surface area (Å²) >= 11 is 2.91. The normalized spacial score (nSPS) is 11.9. The van der Waals surface area contributed by atoms with Gasteiger partial charge in [0.2, 0.25) is 5.91 Å². The van der Waals surface area contributed by atoms with Crippen LogP contribution in [0.25, 0.3) is 0 Å². The topological polar surface area (TPSA) is 140 Å².